The van der Waals surface area contributed by atoms with Crippen LogP contribution in [0.4, 0.5) is 24.5 Å². The highest BCUT2D eigenvalue weighted by Gasteiger charge is 2.34. The summed E-state index contributed by atoms with van der Waals surface area (Å²) in [5.41, 5.74) is 2.40. The lowest BCUT2D eigenvalue weighted by atomic mass is 10.1. The highest BCUT2D eigenvalue weighted by Crippen LogP contribution is 2.42. The first kappa shape index (κ1) is 21.0. The summed E-state index contributed by atoms with van der Waals surface area (Å²) in [4.78, 5) is 26.7. The minimum Gasteiger partial charge on any atom is -0.322 e. The molecule has 1 N–H and O–H groups in total. The fourth-order valence-corrected chi connectivity index (χ4v) is 4.62. The third-order valence-electron chi connectivity index (χ3n) is 4.86. The number of amides is 2. The molecule has 1 aliphatic heterocycles. The lowest BCUT2D eigenvalue weighted by molar-refractivity contribution is -0.115. The molecule has 2 amide bonds. The maximum atomic E-state index is 13.4. The van der Waals surface area contributed by atoms with Gasteiger partial charge in [-0.05, 0) is 60.5 Å². The highest BCUT2D eigenvalue weighted by molar-refractivity contribution is 8.00. The van der Waals surface area contributed by atoms with Crippen molar-refractivity contribution < 1.29 is 22.8 Å². The Hall–Kier alpha value is -3.26. The van der Waals surface area contributed by atoms with Gasteiger partial charge in [0.15, 0.2) is 0 Å². The monoisotopic (exact) mass is 442 g/mol. The highest BCUT2D eigenvalue weighted by atomic mass is 32.2. The molecule has 158 valence electrons. The topological polar surface area (TPSA) is 49.4 Å². The average Bonchev–Trinajstić information content (AvgIpc) is 3.09. The largest absolute Gasteiger partial charge is 0.322 e. The van der Waals surface area contributed by atoms with Crippen molar-refractivity contribution in [2.24, 2.45) is 0 Å². The third kappa shape index (κ3) is 4.44. The average molecular weight is 442 g/mol. The Bertz CT molecular complexity index is 1150. The molecule has 8 heteroatoms. The smallest absolute Gasteiger partial charge is 0.255 e. The maximum Gasteiger partial charge on any atom is 0.255 e. The number of rotatable bonds is 4. The number of hydrogen-bond donors (Lipinski definition) is 1. The minimum absolute atomic E-state index is 0.00623. The van der Waals surface area contributed by atoms with E-state index in [1.54, 1.807) is 42.2 Å². The molecule has 0 saturated carbocycles. The Balaban J connectivity index is 1.59. The maximum absolute atomic E-state index is 13.4. The zero-order valence-corrected chi connectivity index (χ0v) is 17.2. The number of carbonyl (C=O) groups is 2. The van der Waals surface area contributed by atoms with E-state index >= 15 is 0 Å². The number of hydrogen-bond acceptors (Lipinski definition) is 3. The number of nitrogens with zero attached hydrogens (tertiary/aromatic N) is 1. The lowest BCUT2D eigenvalue weighted by Crippen LogP contribution is -2.28. The Kier molecular flexibility index (Phi) is 5.73. The Morgan fingerprint density at radius 3 is 2.29 bits per heavy atom. The molecule has 1 atom stereocenters. The molecule has 1 aliphatic rings. The lowest BCUT2D eigenvalue weighted by Gasteiger charge is -2.26. The molecule has 31 heavy (non-hydrogen) atoms. The van der Waals surface area contributed by atoms with Crippen LogP contribution >= 0.6 is 11.8 Å². The number of benzene rings is 3. The molecule has 1 heterocycles. The zero-order chi connectivity index (χ0) is 22.1. The molecule has 3 aromatic carbocycles. The van der Waals surface area contributed by atoms with Gasteiger partial charge in [-0.3, -0.25) is 14.5 Å². The number of halogens is 3. The summed E-state index contributed by atoms with van der Waals surface area (Å²) in [7, 11) is 0. The quantitative estimate of drug-likeness (QED) is 0.585. The van der Waals surface area contributed by atoms with E-state index in [0.29, 0.717) is 11.3 Å². The van der Waals surface area contributed by atoms with E-state index in [1.165, 1.54) is 23.9 Å². The standard InChI is InChI=1S/C23H17F3N2O2S/c1-13-8-15(22(30)27-19-10-17(25)9-18(26)11-19)4-7-20(13)28-21(29)12-31-23(28)14-2-5-16(24)6-3-14/h2-11,23H,12H2,1H3,(H,27,30). The SMILES string of the molecule is Cc1cc(C(=O)Nc2cc(F)cc(F)c2)ccc1N1C(=O)CSC1c1ccc(F)cc1. The fourth-order valence-electron chi connectivity index (χ4n) is 3.45. The molecule has 1 unspecified atom stereocenters. The van der Waals surface area contributed by atoms with Gasteiger partial charge in [0.25, 0.3) is 5.91 Å². The number of nitrogens with one attached hydrogen (secondary N) is 1. The van der Waals surface area contributed by atoms with E-state index in [4.69, 9.17) is 0 Å². The van der Waals surface area contributed by atoms with Crippen molar-refractivity contribution >= 4 is 35.0 Å². The Morgan fingerprint density at radius 1 is 0.968 bits per heavy atom. The van der Waals surface area contributed by atoms with Gasteiger partial charge in [-0.15, -0.1) is 11.8 Å². The van der Waals surface area contributed by atoms with Crippen molar-refractivity contribution in [2.75, 3.05) is 16.0 Å². The van der Waals surface area contributed by atoms with Crippen molar-refractivity contribution in [1.29, 1.82) is 0 Å². The van der Waals surface area contributed by atoms with Gasteiger partial charge < -0.3 is 5.32 Å². The van der Waals surface area contributed by atoms with E-state index in [-0.39, 0.29) is 34.1 Å². The fraction of sp³-hybridized carbons (Fsp3) is 0.130. The molecule has 4 rings (SSSR count). The number of carbonyl (C=O) groups excluding carboxylic acids is 2. The van der Waals surface area contributed by atoms with Crippen LogP contribution in [0.2, 0.25) is 0 Å². The second-order valence-electron chi connectivity index (χ2n) is 7.09. The second-order valence-corrected chi connectivity index (χ2v) is 8.16. The van der Waals surface area contributed by atoms with Gasteiger partial charge in [-0.1, -0.05) is 12.1 Å². The van der Waals surface area contributed by atoms with Gasteiger partial charge >= 0.3 is 0 Å². The molecule has 0 aromatic heterocycles. The van der Waals surface area contributed by atoms with Gasteiger partial charge in [0, 0.05) is 23.0 Å². The molecule has 0 bridgehead atoms. The molecular formula is C23H17F3N2O2S. The van der Waals surface area contributed by atoms with Crippen molar-refractivity contribution in [3.05, 3.63) is 94.8 Å². The summed E-state index contributed by atoms with van der Waals surface area (Å²) in [5.74, 6) is -2.27. The molecule has 0 aliphatic carbocycles. The van der Waals surface area contributed by atoms with Crippen LogP contribution in [-0.2, 0) is 4.79 Å². The van der Waals surface area contributed by atoms with Crippen LogP contribution in [0.5, 0.6) is 0 Å². The van der Waals surface area contributed by atoms with Crippen LogP contribution in [0.1, 0.15) is 26.9 Å². The summed E-state index contributed by atoms with van der Waals surface area (Å²) in [6.45, 7) is 1.77. The van der Waals surface area contributed by atoms with E-state index in [2.05, 4.69) is 5.32 Å². The van der Waals surface area contributed by atoms with Crippen molar-refractivity contribution in [1.82, 2.24) is 0 Å². The minimum atomic E-state index is -0.793. The molecule has 4 nitrogen and oxygen atoms in total. The number of thioether (sulfide) groups is 1. The molecule has 3 aromatic rings. The van der Waals surface area contributed by atoms with Crippen LogP contribution in [0.3, 0.4) is 0 Å². The van der Waals surface area contributed by atoms with Crippen LogP contribution in [-0.4, -0.2) is 17.6 Å². The summed E-state index contributed by atoms with van der Waals surface area (Å²) >= 11 is 1.44. The predicted molar refractivity (Wildman–Crippen MR) is 115 cm³/mol. The first-order chi connectivity index (χ1) is 14.8. The van der Waals surface area contributed by atoms with Gasteiger partial charge in [0.05, 0.1) is 5.75 Å². The molecular weight excluding hydrogens is 425 g/mol. The number of anilines is 2. The zero-order valence-electron chi connectivity index (χ0n) is 16.4. The first-order valence-corrected chi connectivity index (χ1v) is 10.4. The molecule has 0 spiro atoms. The van der Waals surface area contributed by atoms with Gasteiger partial charge in [-0.25, -0.2) is 13.2 Å². The predicted octanol–water partition coefficient (Wildman–Crippen LogP) is 5.44. The number of aryl methyl sites for hydroxylation is 1. The summed E-state index contributed by atoms with van der Waals surface area (Å²) < 4.78 is 40.0. The third-order valence-corrected chi connectivity index (χ3v) is 6.07. The normalized spacial score (nSPS) is 15.9. The van der Waals surface area contributed by atoms with Crippen molar-refractivity contribution in [3.63, 3.8) is 0 Å². The van der Waals surface area contributed by atoms with E-state index in [1.807, 2.05) is 0 Å². The summed E-state index contributed by atoms with van der Waals surface area (Å²) in [6.07, 6.45) is 0. The molecule has 1 fully saturated rings. The van der Waals surface area contributed by atoms with Gasteiger partial charge in [0.1, 0.15) is 22.8 Å². The van der Waals surface area contributed by atoms with Crippen molar-refractivity contribution in [2.45, 2.75) is 12.3 Å². The first-order valence-electron chi connectivity index (χ1n) is 9.39. The Morgan fingerprint density at radius 2 is 1.65 bits per heavy atom. The Labute approximate surface area is 181 Å². The second kappa shape index (κ2) is 8.47. The molecule has 1 saturated heterocycles. The van der Waals surface area contributed by atoms with Crippen LogP contribution in [0.25, 0.3) is 0 Å². The van der Waals surface area contributed by atoms with E-state index < -0.39 is 17.5 Å². The van der Waals surface area contributed by atoms with Gasteiger partial charge in [0.2, 0.25) is 5.91 Å². The molecule has 0 radical (unpaired) electrons. The van der Waals surface area contributed by atoms with Gasteiger partial charge in [-0.2, -0.15) is 0 Å². The van der Waals surface area contributed by atoms with Crippen LogP contribution in [0.15, 0.2) is 60.7 Å². The van der Waals surface area contributed by atoms with Crippen molar-refractivity contribution in [3.8, 4) is 0 Å². The summed E-state index contributed by atoms with van der Waals surface area (Å²) in [6, 6.07) is 13.6. The summed E-state index contributed by atoms with van der Waals surface area (Å²) in [5, 5.41) is 2.16. The van der Waals surface area contributed by atoms with Crippen LogP contribution < -0.4 is 10.2 Å². The van der Waals surface area contributed by atoms with Crippen LogP contribution in [0, 0.1) is 24.4 Å². The van der Waals surface area contributed by atoms with E-state index in [9.17, 15) is 22.8 Å². The van der Waals surface area contributed by atoms with E-state index in [0.717, 1.165) is 23.8 Å².